The molecule has 2 aliphatic rings. The van der Waals surface area contributed by atoms with E-state index in [2.05, 4.69) is 17.2 Å². The van der Waals surface area contributed by atoms with Gasteiger partial charge in [0.15, 0.2) is 0 Å². The summed E-state index contributed by atoms with van der Waals surface area (Å²) in [7, 11) is 0. The maximum Gasteiger partial charge on any atom is 0.309 e. The molecular formula is C21H28N2O4. The van der Waals surface area contributed by atoms with Gasteiger partial charge in [-0.05, 0) is 25.0 Å². The summed E-state index contributed by atoms with van der Waals surface area (Å²) >= 11 is 0. The van der Waals surface area contributed by atoms with E-state index in [9.17, 15) is 9.59 Å². The van der Waals surface area contributed by atoms with E-state index in [0.29, 0.717) is 25.3 Å². The molecule has 146 valence electrons. The average Bonchev–Trinajstić information content (AvgIpc) is 3.07. The Morgan fingerprint density at radius 3 is 2.93 bits per heavy atom. The van der Waals surface area contributed by atoms with Crippen molar-refractivity contribution in [3.63, 3.8) is 0 Å². The first-order chi connectivity index (χ1) is 13.2. The Bertz CT molecular complexity index is 683. The second kappa shape index (κ2) is 9.55. The van der Waals surface area contributed by atoms with E-state index in [0.717, 1.165) is 36.9 Å². The zero-order valence-electron chi connectivity index (χ0n) is 15.7. The van der Waals surface area contributed by atoms with Gasteiger partial charge in [-0.25, -0.2) is 0 Å². The van der Waals surface area contributed by atoms with Gasteiger partial charge in [0, 0.05) is 24.3 Å². The molecule has 1 amide bonds. The number of ether oxygens (including phenoxy) is 2. The number of hydrogen-bond donors (Lipinski definition) is 2. The molecule has 3 rings (SSSR count). The molecule has 0 bridgehead atoms. The van der Waals surface area contributed by atoms with Crippen LogP contribution in [0.1, 0.15) is 37.7 Å². The number of nitrogens with one attached hydrogen (secondary N) is 2. The van der Waals surface area contributed by atoms with Crippen molar-refractivity contribution < 1.29 is 19.1 Å². The van der Waals surface area contributed by atoms with E-state index in [1.165, 1.54) is 6.42 Å². The van der Waals surface area contributed by atoms with Gasteiger partial charge in [0.2, 0.25) is 5.91 Å². The van der Waals surface area contributed by atoms with E-state index in [1.54, 1.807) is 6.08 Å². The molecule has 1 aromatic carbocycles. The lowest BCUT2D eigenvalue weighted by atomic mass is 9.89. The molecule has 0 radical (unpaired) electrons. The highest BCUT2D eigenvalue weighted by Gasteiger charge is 2.26. The van der Waals surface area contributed by atoms with Crippen LogP contribution in [0.15, 0.2) is 30.9 Å². The second-order valence-electron chi connectivity index (χ2n) is 7.16. The summed E-state index contributed by atoms with van der Waals surface area (Å²) in [5.74, 6) is 0.504. The van der Waals surface area contributed by atoms with Crippen molar-refractivity contribution in [3.05, 3.63) is 36.4 Å². The van der Waals surface area contributed by atoms with Crippen molar-refractivity contribution in [1.82, 2.24) is 5.32 Å². The van der Waals surface area contributed by atoms with E-state index in [-0.39, 0.29) is 30.5 Å². The van der Waals surface area contributed by atoms with Crippen molar-refractivity contribution in [3.8, 4) is 5.75 Å². The Morgan fingerprint density at radius 2 is 2.15 bits per heavy atom. The van der Waals surface area contributed by atoms with E-state index in [1.807, 2.05) is 18.2 Å². The van der Waals surface area contributed by atoms with Gasteiger partial charge in [-0.1, -0.05) is 31.4 Å². The molecule has 0 spiro atoms. The largest absolute Gasteiger partial charge is 0.489 e. The molecule has 6 nitrogen and oxygen atoms in total. The zero-order valence-corrected chi connectivity index (χ0v) is 15.7. The van der Waals surface area contributed by atoms with Crippen molar-refractivity contribution in [1.29, 1.82) is 0 Å². The van der Waals surface area contributed by atoms with E-state index >= 15 is 0 Å². The number of benzene rings is 1. The highest BCUT2D eigenvalue weighted by atomic mass is 16.6. The lowest BCUT2D eigenvalue weighted by Gasteiger charge is -2.24. The third-order valence-electron chi connectivity index (χ3n) is 5.05. The third-order valence-corrected chi connectivity index (χ3v) is 5.05. The van der Waals surface area contributed by atoms with Gasteiger partial charge in [0.1, 0.15) is 18.5 Å². The molecule has 1 atom stereocenters. The lowest BCUT2D eigenvalue weighted by Crippen LogP contribution is -2.37. The Kier molecular flexibility index (Phi) is 6.87. The molecule has 27 heavy (non-hydrogen) atoms. The fraction of sp³-hybridized carbons (Fsp3) is 0.524. The predicted octanol–water partition coefficient (Wildman–Crippen LogP) is 2.83. The minimum Gasteiger partial charge on any atom is -0.489 e. The second-order valence-corrected chi connectivity index (χ2v) is 7.16. The maximum absolute atomic E-state index is 12.5. The van der Waals surface area contributed by atoms with Crippen LogP contribution in [0.4, 0.5) is 5.69 Å². The first-order valence-corrected chi connectivity index (χ1v) is 9.74. The van der Waals surface area contributed by atoms with Crippen molar-refractivity contribution >= 4 is 17.6 Å². The summed E-state index contributed by atoms with van der Waals surface area (Å²) in [5.41, 5.74) is 1.65. The molecule has 1 saturated carbocycles. The third kappa shape index (κ3) is 5.32. The molecule has 0 aromatic heterocycles. The first kappa shape index (κ1) is 19.4. The molecule has 1 heterocycles. The molecule has 0 saturated heterocycles. The van der Waals surface area contributed by atoms with Gasteiger partial charge in [0.25, 0.3) is 0 Å². The monoisotopic (exact) mass is 372 g/mol. The number of hydrogen-bond acceptors (Lipinski definition) is 5. The molecule has 1 aliphatic carbocycles. The number of fused-ring (bicyclic) bond motifs is 1. The average molecular weight is 372 g/mol. The van der Waals surface area contributed by atoms with Gasteiger partial charge < -0.3 is 20.1 Å². The normalized spacial score (nSPS) is 17.7. The Labute approximate surface area is 160 Å². The number of carbonyl (C=O) groups excluding carboxylic acids is 2. The van der Waals surface area contributed by atoms with Gasteiger partial charge in [0.05, 0.1) is 12.3 Å². The summed E-state index contributed by atoms with van der Waals surface area (Å²) in [4.78, 5) is 24.1. The molecule has 6 heteroatoms. The topological polar surface area (TPSA) is 76.7 Å². The van der Waals surface area contributed by atoms with Crippen LogP contribution in [0.3, 0.4) is 0 Å². The summed E-state index contributed by atoms with van der Waals surface area (Å²) < 4.78 is 11.7. The smallest absolute Gasteiger partial charge is 0.309 e. The van der Waals surface area contributed by atoms with Crippen LogP contribution in [0.5, 0.6) is 5.75 Å². The summed E-state index contributed by atoms with van der Waals surface area (Å²) in [6, 6.07) is 5.55. The molecule has 1 fully saturated rings. The minimum absolute atomic E-state index is 0.00319. The Hall–Kier alpha value is -2.34. The summed E-state index contributed by atoms with van der Waals surface area (Å²) in [5, 5.41) is 6.01. The summed E-state index contributed by atoms with van der Waals surface area (Å²) in [6.45, 7) is 5.07. The first-order valence-electron chi connectivity index (χ1n) is 9.74. The predicted molar refractivity (Wildman–Crippen MR) is 104 cm³/mol. The van der Waals surface area contributed by atoms with Crippen molar-refractivity contribution in [2.45, 2.75) is 44.6 Å². The minimum atomic E-state index is -0.389. The number of amides is 1. The quantitative estimate of drug-likeness (QED) is 0.396. The lowest BCUT2D eigenvalue weighted by molar-refractivity contribution is -0.156. The number of esters is 1. The van der Waals surface area contributed by atoms with Gasteiger partial charge in [-0.3, -0.25) is 9.59 Å². The Balaban J connectivity index is 1.60. The Morgan fingerprint density at radius 1 is 1.33 bits per heavy atom. The van der Waals surface area contributed by atoms with Crippen LogP contribution in [0, 0.1) is 5.92 Å². The van der Waals surface area contributed by atoms with Gasteiger partial charge in [-0.2, -0.15) is 0 Å². The highest BCUT2D eigenvalue weighted by molar-refractivity contribution is 6.00. The highest BCUT2D eigenvalue weighted by Crippen LogP contribution is 2.31. The fourth-order valence-electron chi connectivity index (χ4n) is 3.62. The molecule has 2 N–H and O–H groups in total. The van der Waals surface area contributed by atoms with E-state index in [4.69, 9.17) is 9.47 Å². The van der Waals surface area contributed by atoms with Crippen LogP contribution in [0.2, 0.25) is 0 Å². The number of rotatable bonds is 9. The van der Waals surface area contributed by atoms with Crippen LogP contribution in [0.25, 0.3) is 0 Å². The molecular weight excluding hydrogens is 344 g/mol. The van der Waals surface area contributed by atoms with Crippen molar-refractivity contribution in [2.75, 3.05) is 25.0 Å². The molecule has 1 unspecified atom stereocenters. The molecule has 1 aromatic rings. The number of carbonyl (C=O) groups is 2. The van der Waals surface area contributed by atoms with Gasteiger partial charge in [-0.15, -0.1) is 6.58 Å². The number of anilines is 1. The SMILES string of the molecule is C=CCNCC(COc1cccc2c1CC(=O)N2)OC(=O)C1CCCCC1. The maximum atomic E-state index is 12.5. The van der Waals surface area contributed by atoms with Crippen LogP contribution in [-0.2, 0) is 20.7 Å². The fourth-order valence-corrected chi connectivity index (χ4v) is 3.62. The summed E-state index contributed by atoms with van der Waals surface area (Å²) in [6.07, 6.45) is 6.89. The van der Waals surface area contributed by atoms with Crippen LogP contribution >= 0.6 is 0 Å². The van der Waals surface area contributed by atoms with Crippen molar-refractivity contribution in [2.24, 2.45) is 5.92 Å². The van der Waals surface area contributed by atoms with Crippen LogP contribution < -0.4 is 15.4 Å². The van der Waals surface area contributed by atoms with Crippen LogP contribution in [-0.4, -0.2) is 37.7 Å². The van der Waals surface area contributed by atoms with E-state index < -0.39 is 0 Å². The van der Waals surface area contributed by atoms with Gasteiger partial charge >= 0.3 is 5.97 Å². The standard InChI is InChI=1S/C21H28N2O4/c1-2-11-22-13-16(27-21(25)15-7-4-3-5-8-15)14-26-19-10-6-9-18-17(19)12-20(24)23-18/h2,6,9-10,15-16,22H,1,3-5,7-8,11-14H2,(H,23,24). The zero-order chi connectivity index (χ0) is 19.1. The molecule has 1 aliphatic heterocycles.